The molecule has 0 aliphatic rings. The summed E-state index contributed by atoms with van der Waals surface area (Å²) < 4.78 is 16.7. The van der Waals surface area contributed by atoms with Gasteiger partial charge < -0.3 is 24.2 Å². The minimum Gasteiger partial charge on any atom is -0.497 e. The lowest BCUT2D eigenvalue weighted by Gasteiger charge is -2.26. The maximum atomic E-state index is 13.4. The zero-order valence-electron chi connectivity index (χ0n) is 23.0. The fourth-order valence-electron chi connectivity index (χ4n) is 4.12. The second-order valence-electron chi connectivity index (χ2n) is 9.54. The highest BCUT2D eigenvalue weighted by molar-refractivity contribution is 5.80. The van der Waals surface area contributed by atoms with Crippen LogP contribution in [-0.2, 0) is 22.4 Å². The summed E-state index contributed by atoms with van der Waals surface area (Å²) in [6.07, 6.45) is 6.81. The molecule has 37 heavy (non-hydrogen) atoms. The van der Waals surface area contributed by atoms with E-state index in [-0.39, 0.29) is 12.3 Å². The molecular weight excluding hydrogens is 470 g/mol. The van der Waals surface area contributed by atoms with Crippen LogP contribution in [0.15, 0.2) is 42.5 Å². The summed E-state index contributed by atoms with van der Waals surface area (Å²) in [6.45, 7) is 6.81. The number of carboxylic acid groups (broad SMARTS) is 1. The largest absolute Gasteiger partial charge is 0.497 e. The summed E-state index contributed by atoms with van der Waals surface area (Å²) >= 11 is 0. The Morgan fingerprint density at radius 3 is 2.32 bits per heavy atom. The smallest absolute Gasteiger partial charge is 0.347 e. The van der Waals surface area contributed by atoms with E-state index in [0.717, 1.165) is 24.0 Å². The van der Waals surface area contributed by atoms with Crippen molar-refractivity contribution < 1.29 is 28.9 Å². The van der Waals surface area contributed by atoms with Gasteiger partial charge in [0.25, 0.3) is 0 Å². The third-order valence-corrected chi connectivity index (χ3v) is 6.75. The van der Waals surface area contributed by atoms with Crippen LogP contribution in [-0.4, -0.2) is 54.8 Å². The monoisotopic (exact) mass is 513 g/mol. The molecule has 0 aliphatic heterocycles. The third-order valence-electron chi connectivity index (χ3n) is 6.75. The summed E-state index contributed by atoms with van der Waals surface area (Å²) in [5.41, 5.74) is 0.504. The molecule has 2 aromatic carbocycles. The summed E-state index contributed by atoms with van der Waals surface area (Å²) in [4.78, 5) is 27.0. The molecule has 204 valence electrons. The maximum absolute atomic E-state index is 13.4. The average molecular weight is 514 g/mol. The number of benzene rings is 2. The van der Waals surface area contributed by atoms with E-state index >= 15 is 0 Å². The topological polar surface area (TPSA) is 85.3 Å². The minimum atomic E-state index is -1.28. The van der Waals surface area contributed by atoms with E-state index in [0.29, 0.717) is 43.2 Å². The van der Waals surface area contributed by atoms with E-state index in [1.165, 1.54) is 19.3 Å². The molecule has 1 atom stereocenters. The quantitative estimate of drug-likeness (QED) is 0.264. The Labute approximate surface area is 221 Å². The van der Waals surface area contributed by atoms with Crippen LogP contribution < -0.4 is 14.2 Å². The molecule has 0 bridgehead atoms. The first-order chi connectivity index (χ1) is 17.8. The van der Waals surface area contributed by atoms with Gasteiger partial charge in [-0.1, -0.05) is 51.7 Å². The molecule has 0 aromatic heterocycles. The van der Waals surface area contributed by atoms with Crippen LogP contribution in [0.5, 0.6) is 17.2 Å². The molecule has 0 heterocycles. The molecule has 1 N–H and O–H groups in total. The first kappa shape index (κ1) is 30.0. The predicted molar refractivity (Wildman–Crippen MR) is 146 cm³/mol. The van der Waals surface area contributed by atoms with E-state index in [4.69, 9.17) is 14.2 Å². The summed E-state index contributed by atoms with van der Waals surface area (Å²) in [6, 6.07) is 13.0. The van der Waals surface area contributed by atoms with Crippen LogP contribution in [0.3, 0.4) is 0 Å². The van der Waals surface area contributed by atoms with Gasteiger partial charge in [0, 0.05) is 18.7 Å². The number of carboxylic acids is 1. The molecule has 0 saturated carbocycles. The van der Waals surface area contributed by atoms with Gasteiger partial charge in [0.2, 0.25) is 11.5 Å². The molecule has 0 saturated heterocycles. The van der Waals surface area contributed by atoms with E-state index in [2.05, 4.69) is 6.92 Å². The molecule has 0 unspecified atom stereocenters. The van der Waals surface area contributed by atoms with E-state index < -0.39 is 11.6 Å². The number of carbonyl (C=O) groups is 2. The lowest BCUT2D eigenvalue weighted by atomic mass is 10.0. The van der Waals surface area contributed by atoms with Crippen molar-refractivity contribution in [1.82, 2.24) is 4.90 Å². The standard InChI is InChI=1S/C30H43NO6/c1-6-8-9-10-11-18-31(28(32)22-24-21-25(35-4)15-16-27(24)36-5)19-17-23-13-12-14-26(20-23)37-30(3,7-2)29(33)34/h12-16,20-21H,6-11,17-19,22H2,1-5H3,(H,33,34)/t30-/m0/s1. The second kappa shape index (κ2) is 15.1. The van der Waals surface area contributed by atoms with Crippen LogP contribution >= 0.6 is 0 Å². The fraction of sp³-hybridized carbons (Fsp3) is 0.533. The zero-order chi connectivity index (χ0) is 27.3. The van der Waals surface area contributed by atoms with Crippen LogP contribution in [0.1, 0.15) is 70.4 Å². The lowest BCUT2D eigenvalue weighted by molar-refractivity contribution is -0.154. The van der Waals surface area contributed by atoms with Crippen LogP contribution in [0.2, 0.25) is 0 Å². The average Bonchev–Trinajstić information content (AvgIpc) is 2.90. The zero-order valence-corrected chi connectivity index (χ0v) is 23.0. The molecule has 0 spiro atoms. The van der Waals surface area contributed by atoms with Crippen molar-refractivity contribution in [2.24, 2.45) is 0 Å². The van der Waals surface area contributed by atoms with Crippen LogP contribution in [0.25, 0.3) is 0 Å². The number of carbonyl (C=O) groups excluding carboxylic acids is 1. The van der Waals surface area contributed by atoms with Crippen molar-refractivity contribution in [3.05, 3.63) is 53.6 Å². The Kier molecular flexibility index (Phi) is 12.3. The summed E-state index contributed by atoms with van der Waals surface area (Å²) in [7, 11) is 3.21. The first-order valence-electron chi connectivity index (χ1n) is 13.3. The molecule has 7 heteroatoms. The van der Waals surface area contributed by atoms with Gasteiger partial charge in [-0.3, -0.25) is 4.79 Å². The fourth-order valence-corrected chi connectivity index (χ4v) is 4.12. The number of rotatable bonds is 17. The minimum absolute atomic E-state index is 0.0406. The van der Waals surface area contributed by atoms with Crippen molar-refractivity contribution in [2.75, 3.05) is 27.3 Å². The first-order valence-corrected chi connectivity index (χ1v) is 13.3. The number of methoxy groups -OCH3 is 2. The highest BCUT2D eigenvalue weighted by Crippen LogP contribution is 2.26. The van der Waals surface area contributed by atoms with Gasteiger partial charge >= 0.3 is 5.97 Å². The van der Waals surface area contributed by atoms with Gasteiger partial charge in [0.15, 0.2) is 0 Å². The van der Waals surface area contributed by atoms with Crippen molar-refractivity contribution >= 4 is 11.9 Å². The number of unbranched alkanes of at least 4 members (excludes halogenated alkanes) is 4. The van der Waals surface area contributed by atoms with Gasteiger partial charge in [-0.05, 0) is 62.1 Å². The number of aliphatic carboxylic acids is 1. The highest BCUT2D eigenvalue weighted by Gasteiger charge is 2.33. The normalized spacial score (nSPS) is 12.5. The molecule has 2 aromatic rings. The number of hydrogen-bond acceptors (Lipinski definition) is 5. The van der Waals surface area contributed by atoms with Crippen molar-refractivity contribution in [3.63, 3.8) is 0 Å². The number of nitrogens with zero attached hydrogens (tertiary/aromatic N) is 1. The number of ether oxygens (including phenoxy) is 3. The maximum Gasteiger partial charge on any atom is 0.347 e. The van der Waals surface area contributed by atoms with E-state index in [1.807, 2.05) is 41.3 Å². The Bertz CT molecular complexity index is 1010. The lowest BCUT2D eigenvalue weighted by Crippen LogP contribution is -2.40. The second-order valence-corrected chi connectivity index (χ2v) is 9.54. The summed E-state index contributed by atoms with van der Waals surface area (Å²) in [5, 5.41) is 9.54. The van der Waals surface area contributed by atoms with Crippen molar-refractivity contribution in [2.45, 2.75) is 77.7 Å². The van der Waals surface area contributed by atoms with E-state index in [1.54, 1.807) is 34.1 Å². The van der Waals surface area contributed by atoms with Gasteiger partial charge in [0.1, 0.15) is 17.2 Å². The highest BCUT2D eigenvalue weighted by atomic mass is 16.5. The Morgan fingerprint density at radius 2 is 1.68 bits per heavy atom. The van der Waals surface area contributed by atoms with E-state index in [9.17, 15) is 14.7 Å². The van der Waals surface area contributed by atoms with Crippen molar-refractivity contribution in [1.29, 1.82) is 0 Å². The molecule has 0 radical (unpaired) electrons. The molecular formula is C30H43NO6. The van der Waals surface area contributed by atoms with Crippen LogP contribution in [0.4, 0.5) is 0 Å². The number of hydrogen-bond donors (Lipinski definition) is 1. The van der Waals surface area contributed by atoms with Crippen LogP contribution in [0, 0.1) is 0 Å². The molecule has 0 fully saturated rings. The van der Waals surface area contributed by atoms with Gasteiger partial charge in [-0.2, -0.15) is 0 Å². The Hall–Kier alpha value is -3.22. The summed E-state index contributed by atoms with van der Waals surface area (Å²) in [5.74, 6) is 0.918. The Morgan fingerprint density at radius 1 is 0.919 bits per heavy atom. The molecule has 2 rings (SSSR count). The van der Waals surface area contributed by atoms with Gasteiger partial charge in [-0.15, -0.1) is 0 Å². The number of amides is 1. The predicted octanol–water partition coefficient (Wildman–Crippen LogP) is 5.92. The van der Waals surface area contributed by atoms with Crippen molar-refractivity contribution in [3.8, 4) is 17.2 Å². The van der Waals surface area contributed by atoms with Gasteiger partial charge in [0.05, 0.1) is 20.6 Å². The molecule has 0 aliphatic carbocycles. The molecule has 7 nitrogen and oxygen atoms in total. The van der Waals surface area contributed by atoms with Gasteiger partial charge in [-0.25, -0.2) is 4.79 Å². The SMILES string of the molecule is CCCCCCCN(CCc1cccc(O[C@@](C)(CC)C(=O)O)c1)C(=O)Cc1cc(OC)ccc1OC. The Balaban J connectivity index is 2.14. The molecule has 1 amide bonds. The third kappa shape index (κ3) is 9.30.